The van der Waals surface area contributed by atoms with E-state index in [1.165, 1.54) is 16.7 Å². The third kappa shape index (κ3) is 6.17. The van der Waals surface area contributed by atoms with Gasteiger partial charge in [-0.05, 0) is 95.3 Å². The number of hydrogen-bond acceptors (Lipinski definition) is 5. The number of fused-ring (bicyclic) bond motifs is 1. The van der Waals surface area contributed by atoms with Crippen LogP contribution in [-0.2, 0) is 27.2 Å². The van der Waals surface area contributed by atoms with E-state index in [2.05, 4.69) is 41.3 Å². The molecule has 5 nitrogen and oxygen atoms in total. The minimum Gasteiger partial charge on any atom is -0.489 e. The van der Waals surface area contributed by atoms with Gasteiger partial charge in [0.1, 0.15) is 18.2 Å². The van der Waals surface area contributed by atoms with Crippen LogP contribution in [0.5, 0.6) is 5.75 Å². The molecule has 0 aromatic heterocycles. The van der Waals surface area contributed by atoms with Crippen LogP contribution < -0.4 is 9.64 Å². The van der Waals surface area contributed by atoms with Crippen LogP contribution in [-0.4, -0.2) is 46.8 Å². The van der Waals surface area contributed by atoms with Crippen molar-refractivity contribution >= 4 is 11.3 Å². The predicted octanol–water partition coefficient (Wildman–Crippen LogP) is 7.33. The Morgan fingerprint density at radius 2 is 1.74 bits per heavy atom. The van der Waals surface area contributed by atoms with E-state index in [1.807, 2.05) is 30.3 Å². The Morgan fingerprint density at radius 3 is 2.45 bits per heavy atom. The first-order valence-corrected chi connectivity index (χ1v) is 15.1. The Hall–Kier alpha value is -3.45. The van der Waals surface area contributed by atoms with Gasteiger partial charge in [-0.1, -0.05) is 48.5 Å². The first kappa shape index (κ1) is 28.7. The highest BCUT2D eigenvalue weighted by atomic mass is 19.1. The van der Waals surface area contributed by atoms with Gasteiger partial charge in [-0.3, -0.25) is 0 Å². The molecule has 0 N–H and O–H groups in total. The number of allylic oxidation sites excluding steroid dienone is 1. The number of ether oxygens (including phenoxy) is 4. The summed E-state index contributed by atoms with van der Waals surface area (Å²) < 4.78 is 38.6. The second-order valence-electron chi connectivity index (χ2n) is 11.3. The van der Waals surface area contributed by atoms with Crippen molar-refractivity contribution in [2.75, 3.05) is 45.4 Å². The van der Waals surface area contributed by atoms with Crippen LogP contribution in [0.1, 0.15) is 47.9 Å². The fourth-order valence-corrected chi connectivity index (χ4v) is 6.66. The average molecular weight is 570 g/mol. The van der Waals surface area contributed by atoms with Crippen LogP contribution in [0.3, 0.4) is 0 Å². The van der Waals surface area contributed by atoms with Crippen LogP contribution in [0.4, 0.5) is 10.1 Å². The molecule has 1 aliphatic carbocycles. The van der Waals surface area contributed by atoms with Crippen LogP contribution in [0.2, 0.25) is 0 Å². The molecule has 2 heterocycles. The van der Waals surface area contributed by atoms with E-state index in [-0.39, 0.29) is 12.1 Å². The number of nitrogens with zero attached hydrogens (tertiary/aromatic N) is 1. The Balaban J connectivity index is 1.28. The van der Waals surface area contributed by atoms with Crippen molar-refractivity contribution in [2.24, 2.45) is 5.92 Å². The molecule has 0 unspecified atom stereocenters. The Bertz CT molecular complexity index is 1440. The van der Waals surface area contributed by atoms with Crippen molar-refractivity contribution in [2.45, 2.75) is 45.0 Å². The fraction of sp³-hybridized carbons (Fsp3) is 0.389. The van der Waals surface area contributed by atoms with Crippen molar-refractivity contribution in [1.29, 1.82) is 0 Å². The molecule has 3 aromatic carbocycles. The lowest BCUT2D eigenvalue weighted by atomic mass is 9.78. The number of aryl methyl sites for hydroxylation is 1. The van der Waals surface area contributed by atoms with Gasteiger partial charge in [-0.25, -0.2) is 4.39 Å². The number of anilines is 1. The zero-order chi connectivity index (χ0) is 28.9. The summed E-state index contributed by atoms with van der Waals surface area (Å²) in [5, 5.41) is 0. The van der Waals surface area contributed by atoms with Gasteiger partial charge in [0.2, 0.25) is 0 Å². The molecular weight excluding hydrogens is 529 g/mol. The van der Waals surface area contributed by atoms with Crippen LogP contribution >= 0.6 is 0 Å². The van der Waals surface area contributed by atoms with E-state index in [0.717, 1.165) is 79.8 Å². The van der Waals surface area contributed by atoms with Gasteiger partial charge in [0.25, 0.3) is 0 Å². The summed E-state index contributed by atoms with van der Waals surface area (Å²) in [5.41, 5.74) is 8.89. The van der Waals surface area contributed by atoms with Crippen molar-refractivity contribution in [1.82, 2.24) is 0 Å². The van der Waals surface area contributed by atoms with Crippen LogP contribution in [0.25, 0.3) is 5.57 Å². The maximum Gasteiger partial charge on any atom is 0.159 e. The number of hydrogen-bond donors (Lipinski definition) is 0. The van der Waals surface area contributed by atoms with Gasteiger partial charge in [0.15, 0.2) is 6.29 Å². The van der Waals surface area contributed by atoms with Crippen molar-refractivity contribution < 1.29 is 23.3 Å². The molecule has 1 saturated heterocycles. The summed E-state index contributed by atoms with van der Waals surface area (Å²) in [4.78, 5) is 2.15. The number of rotatable bonds is 9. The number of methoxy groups -OCH3 is 2. The predicted molar refractivity (Wildman–Crippen MR) is 164 cm³/mol. The smallest absolute Gasteiger partial charge is 0.159 e. The number of benzene rings is 3. The molecule has 0 saturated carbocycles. The Kier molecular flexibility index (Phi) is 9.04. The van der Waals surface area contributed by atoms with Gasteiger partial charge in [-0.2, -0.15) is 0 Å². The largest absolute Gasteiger partial charge is 0.489 e. The van der Waals surface area contributed by atoms with E-state index < -0.39 is 0 Å². The van der Waals surface area contributed by atoms with Gasteiger partial charge < -0.3 is 23.8 Å². The molecule has 0 amide bonds. The minimum atomic E-state index is -0.208. The molecule has 220 valence electrons. The monoisotopic (exact) mass is 569 g/mol. The third-order valence-corrected chi connectivity index (χ3v) is 8.86. The molecule has 2 aliphatic heterocycles. The summed E-state index contributed by atoms with van der Waals surface area (Å²) in [6, 6.07) is 22.4. The molecule has 1 fully saturated rings. The highest BCUT2D eigenvalue weighted by Gasteiger charge is 2.29. The molecular formula is C36H40FNO4. The highest BCUT2D eigenvalue weighted by molar-refractivity contribution is 5.88. The lowest BCUT2D eigenvalue weighted by molar-refractivity contribution is -0.141. The second kappa shape index (κ2) is 13.2. The SMILES string of the molecule is COC(OC)C1CCN(c2ccc(C3=C(C4=CCOCC4)CCc4cc(OCc5ccccc5)ccc43)cc2F)CC1. The topological polar surface area (TPSA) is 40.2 Å². The zero-order valence-electron chi connectivity index (χ0n) is 24.6. The number of halogens is 1. The molecule has 42 heavy (non-hydrogen) atoms. The van der Waals surface area contributed by atoms with E-state index in [1.54, 1.807) is 20.3 Å². The second-order valence-corrected chi connectivity index (χ2v) is 11.3. The maximum absolute atomic E-state index is 15.9. The van der Waals surface area contributed by atoms with E-state index in [4.69, 9.17) is 18.9 Å². The lowest BCUT2D eigenvalue weighted by Gasteiger charge is -2.36. The summed E-state index contributed by atoms with van der Waals surface area (Å²) >= 11 is 0. The average Bonchev–Trinajstić information content (AvgIpc) is 3.05. The van der Waals surface area contributed by atoms with Gasteiger partial charge in [0, 0.05) is 33.2 Å². The molecule has 3 aliphatic rings. The summed E-state index contributed by atoms with van der Waals surface area (Å²) in [7, 11) is 3.36. The quantitative estimate of drug-likeness (QED) is 0.252. The summed E-state index contributed by atoms with van der Waals surface area (Å²) in [6.07, 6.45) is 6.51. The molecule has 6 rings (SSSR count). The highest BCUT2D eigenvalue weighted by Crippen LogP contribution is 2.42. The van der Waals surface area contributed by atoms with Gasteiger partial charge >= 0.3 is 0 Å². The first-order valence-electron chi connectivity index (χ1n) is 15.1. The molecule has 0 atom stereocenters. The van der Waals surface area contributed by atoms with Crippen molar-refractivity contribution in [3.63, 3.8) is 0 Å². The zero-order valence-corrected chi connectivity index (χ0v) is 24.6. The fourth-order valence-electron chi connectivity index (χ4n) is 6.66. The van der Waals surface area contributed by atoms with E-state index in [9.17, 15) is 0 Å². The molecule has 0 spiro atoms. The third-order valence-electron chi connectivity index (χ3n) is 8.86. The summed E-state index contributed by atoms with van der Waals surface area (Å²) in [5.74, 6) is 1.00. The Labute approximate surface area is 248 Å². The maximum atomic E-state index is 15.9. The minimum absolute atomic E-state index is 0.177. The number of piperidine rings is 1. The molecule has 0 radical (unpaired) electrons. The van der Waals surface area contributed by atoms with E-state index in [0.29, 0.717) is 24.8 Å². The normalized spacial score (nSPS) is 17.8. The van der Waals surface area contributed by atoms with Gasteiger partial charge in [-0.15, -0.1) is 0 Å². The standard InChI is InChI=1S/C36H40FNO4/c1-39-36(40-2)27-14-18-38(19-15-27)34-13-9-29(23-33(34)37)35-31(26-16-20-41-21-17-26)11-8-28-22-30(10-12-32(28)35)42-24-25-6-4-3-5-7-25/h3-7,9-10,12-13,16,22-23,27,36H,8,11,14-15,17-21,24H2,1-2H3. The molecule has 6 heteroatoms. The molecule has 0 bridgehead atoms. The lowest BCUT2D eigenvalue weighted by Crippen LogP contribution is -2.39. The molecule has 3 aromatic rings. The van der Waals surface area contributed by atoms with Crippen LogP contribution in [0, 0.1) is 11.7 Å². The van der Waals surface area contributed by atoms with Crippen molar-refractivity contribution in [3.8, 4) is 5.75 Å². The van der Waals surface area contributed by atoms with Crippen LogP contribution in [0.15, 0.2) is 84.0 Å². The van der Waals surface area contributed by atoms with E-state index >= 15 is 4.39 Å². The van der Waals surface area contributed by atoms with Gasteiger partial charge in [0.05, 0.1) is 18.9 Å². The first-order chi connectivity index (χ1) is 20.6. The Morgan fingerprint density at radius 1 is 0.929 bits per heavy atom. The van der Waals surface area contributed by atoms with Crippen molar-refractivity contribution in [3.05, 3.63) is 112 Å². The summed E-state index contributed by atoms with van der Waals surface area (Å²) in [6.45, 7) is 3.43.